The minimum atomic E-state index is -4.97. The summed E-state index contributed by atoms with van der Waals surface area (Å²) in [6, 6.07) is 0. The second-order valence-electron chi connectivity index (χ2n) is 29.5. The predicted octanol–water partition coefficient (Wildman–Crippen LogP) is 24.2. The van der Waals surface area contributed by atoms with E-state index in [9.17, 15) is 43.2 Å². The van der Waals surface area contributed by atoms with Crippen molar-refractivity contribution < 1.29 is 80.2 Å². The summed E-state index contributed by atoms with van der Waals surface area (Å²) >= 11 is 0. The van der Waals surface area contributed by atoms with Gasteiger partial charge in [0, 0.05) is 25.7 Å². The molecule has 0 fully saturated rings. The number of carbonyl (C=O) groups is 4. The third kappa shape index (κ3) is 74.2. The summed E-state index contributed by atoms with van der Waals surface area (Å²) in [5.41, 5.74) is 0. The molecular weight excluding hydrogens is 1320 g/mol. The summed E-state index contributed by atoms with van der Waals surface area (Å²) in [5.74, 6) is -0.502. The molecule has 6 atom stereocenters. The number of hydrogen-bond donors (Lipinski definition) is 3. The van der Waals surface area contributed by atoms with Gasteiger partial charge in [0.25, 0.3) is 0 Å². The molecular formula is C82H156O17P2. The van der Waals surface area contributed by atoms with E-state index in [1.807, 2.05) is 0 Å². The Morgan fingerprint density at radius 1 is 0.327 bits per heavy atom. The first-order valence-electron chi connectivity index (χ1n) is 41.8. The van der Waals surface area contributed by atoms with Crippen LogP contribution in [0.25, 0.3) is 0 Å². The lowest BCUT2D eigenvalue weighted by atomic mass is 9.99. The van der Waals surface area contributed by atoms with Gasteiger partial charge in [-0.1, -0.05) is 355 Å². The minimum Gasteiger partial charge on any atom is -0.462 e. The van der Waals surface area contributed by atoms with Crippen LogP contribution in [0.1, 0.15) is 408 Å². The number of esters is 4. The summed E-state index contributed by atoms with van der Waals surface area (Å²) in [6.45, 7) is 9.65. The maximum atomic E-state index is 13.1. The van der Waals surface area contributed by atoms with Gasteiger partial charge in [-0.3, -0.25) is 37.3 Å². The Hall–Kier alpha value is -2.46. The van der Waals surface area contributed by atoms with Crippen molar-refractivity contribution >= 4 is 39.5 Å². The normalized spacial score (nSPS) is 14.3. The van der Waals surface area contributed by atoms with E-state index in [1.54, 1.807) is 0 Å². The molecule has 0 heterocycles. The van der Waals surface area contributed by atoms with Gasteiger partial charge in [0.15, 0.2) is 12.2 Å². The highest BCUT2D eigenvalue weighted by Crippen LogP contribution is 2.45. The molecule has 0 aliphatic rings. The Morgan fingerprint density at radius 3 is 0.891 bits per heavy atom. The molecule has 19 heteroatoms. The van der Waals surface area contributed by atoms with Crippen LogP contribution in [-0.4, -0.2) is 96.7 Å². The monoisotopic (exact) mass is 1480 g/mol. The molecule has 0 aromatic heterocycles. The van der Waals surface area contributed by atoms with Crippen LogP contribution >= 0.6 is 15.6 Å². The first-order chi connectivity index (χ1) is 48.9. The van der Waals surface area contributed by atoms with Crippen molar-refractivity contribution in [2.24, 2.45) is 11.8 Å². The van der Waals surface area contributed by atoms with Gasteiger partial charge in [0.05, 0.1) is 26.4 Å². The lowest BCUT2D eigenvalue weighted by molar-refractivity contribution is -0.161. The van der Waals surface area contributed by atoms with Crippen LogP contribution in [0.15, 0.2) is 24.3 Å². The van der Waals surface area contributed by atoms with Gasteiger partial charge in [-0.05, 0) is 63.2 Å². The maximum absolute atomic E-state index is 13.1. The number of aliphatic hydroxyl groups is 1. The third-order valence-corrected chi connectivity index (χ3v) is 20.8. The molecule has 3 unspecified atom stereocenters. The molecule has 17 nitrogen and oxygen atoms in total. The van der Waals surface area contributed by atoms with E-state index in [0.717, 1.165) is 115 Å². The average molecular weight is 1480 g/mol. The molecule has 596 valence electrons. The van der Waals surface area contributed by atoms with Crippen LogP contribution in [-0.2, 0) is 65.4 Å². The van der Waals surface area contributed by atoms with Gasteiger partial charge < -0.3 is 33.8 Å². The molecule has 0 radical (unpaired) electrons. The van der Waals surface area contributed by atoms with Crippen LogP contribution in [0.5, 0.6) is 0 Å². The Labute approximate surface area is 618 Å². The second kappa shape index (κ2) is 73.1. The van der Waals surface area contributed by atoms with Crippen molar-refractivity contribution in [3.05, 3.63) is 24.3 Å². The first kappa shape index (κ1) is 98.5. The van der Waals surface area contributed by atoms with Crippen LogP contribution in [0.3, 0.4) is 0 Å². The fraction of sp³-hybridized carbons (Fsp3) is 0.902. The largest absolute Gasteiger partial charge is 0.472 e. The van der Waals surface area contributed by atoms with Crippen LogP contribution < -0.4 is 0 Å². The zero-order valence-electron chi connectivity index (χ0n) is 65.7. The van der Waals surface area contributed by atoms with Gasteiger partial charge in [0.2, 0.25) is 0 Å². The molecule has 0 aliphatic carbocycles. The number of ether oxygens (including phenoxy) is 4. The summed E-state index contributed by atoms with van der Waals surface area (Å²) in [6.07, 6.45) is 65.8. The average Bonchev–Trinajstić information content (AvgIpc) is 0.969. The quantitative estimate of drug-likeness (QED) is 0.0169. The first-order valence-corrected chi connectivity index (χ1v) is 44.8. The standard InChI is InChI=1S/C82H156O17P2/c1-7-10-12-14-16-18-20-22-23-29-36-42-48-54-60-66-81(86)98-77(70-92-79(84)64-58-52-46-40-34-21-19-17-15-13-11-8-2)72-96-100(88,89)94-68-76(83)69-95-101(90,91)97-73-78(71-93-80(85)65-59-53-47-41-35-31-26-27-32-38-44-50-56-62-74(4)5)99-82(87)67-61-55-49-43-37-30-25-24-28-33-39-45-51-57-63-75(6)9-3/h18,20,22-23,74-78,83H,7-17,19,21,24-73H2,1-6H3,(H,88,89)(H,90,91)/b20-18-,23-22-/t75?,76-,77+,78+/m0/s1. The number of unbranched alkanes of at least 4 members (excludes halogenated alkanes) is 45. The zero-order valence-corrected chi connectivity index (χ0v) is 67.5. The SMILES string of the molecule is CCCCCC/C=C\C=C/CCCCCCCC(=O)O[C@H](COC(=O)CCCCCCCCCCCCCC)COP(=O)(O)OC[C@H](O)COP(=O)(O)OC[C@@H](COC(=O)CCCCCCCCCCCCCCCC(C)C)OC(=O)CCCCCCCCCCCCCCCCC(C)CC. The molecule has 0 aliphatic heterocycles. The fourth-order valence-electron chi connectivity index (χ4n) is 12.1. The number of rotatable bonds is 79. The van der Waals surface area contributed by atoms with E-state index in [1.165, 1.54) is 212 Å². The van der Waals surface area contributed by atoms with E-state index in [0.29, 0.717) is 25.7 Å². The van der Waals surface area contributed by atoms with Gasteiger partial charge in [-0.25, -0.2) is 9.13 Å². The van der Waals surface area contributed by atoms with Gasteiger partial charge in [-0.15, -0.1) is 0 Å². The molecule has 3 N–H and O–H groups in total. The Kier molecular flexibility index (Phi) is 71.3. The van der Waals surface area contributed by atoms with Crippen molar-refractivity contribution in [2.75, 3.05) is 39.6 Å². The smallest absolute Gasteiger partial charge is 0.462 e. The van der Waals surface area contributed by atoms with E-state index in [4.69, 9.17) is 37.0 Å². The molecule has 0 saturated carbocycles. The van der Waals surface area contributed by atoms with Crippen LogP contribution in [0.2, 0.25) is 0 Å². The van der Waals surface area contributed by atoms with Crippen molar-refractivity contribution in [3.8, 4) is 0 Å². The molecule has 0 amide bonds. The Morgan fingerprint density at radius 2 is 0.584 bits per heavy atom. The van der Waals surface area contributed by atoms with E-state index in [-0.39, 0.29) is 25.7 Å². The van der Waals surface area contributed by atoms with Crippen molar-refractivity contribution in [3.63, 3.8) is 0 Å². The zero-order chi connectivity index (χ0) is 74.2. The number of allylic oxidation sites excluding steroid dienone is 4. The number of aliphatic hydroxyl groups excluding tert-OH is 1. The lowest BCUT2D eigenvalue weighted by Crippen LogP contribution is -2.30. The Bertz CT molecular complexity index is 2040. The van der Waals surface area contributed by atoms with Crippen LogP contribution in [0.4, 0.5) is 0 Å². The molecule has 0 saturated heterocycles. The summed E-state index contributed by atoms with van der Waals surface area (Å²) in [4.78, 5) is 73.1. The lowest BCUT2D eigenvalue weighted by Gasteiger charge is -2.21. The highest BCUT2D eigenvalue weighted by molar-refractivity contribution is 7.47. The predicted molar refractivity (Wildman–Crippen MR) is 414 cm³/mol. The highest BCUT2D eigenvalue weighted by Gasteiger charge is 2.30. The number of carbonyl (C=O) groups excluding carboxylic acids is 4. The van der Waals surface area contributed by atoms with Crippen molar-refractivity contribution in [1.29, 1.82) is 0 Å². The topological polar surface area (TPSA) is 237 Å². The van der Waals surface area contributed by atoms with Gasteiger partial charge >= 0.3 is 39.5 Å². The fourth-order valence-corrected chi connectivity index (χ4v) is 13.7. The summed E-state index contributed by atoms with van der Waals surface area (Å²) in [5, 5.41) is 10.6. The summed E-state index contributed by atoms with van der Waals surface area (Å²) in [7, 11) is -9.94. The van der Waals surface area contributed by atoms with Crippen molar-refractivity contribution in [2.45, 2.75) is 426 Å². The molecule has 0 bridgehead atoms. The molecule has 0 spiro atoms. The third-order valence-electron chi connectivity index (χ3n) is 18.9. The number of hydrogen-bond acceptors (Lipinski definition) is 15. The molecule has 0 aromatic rings. The molecule has 0 aromatic carbocycles. The minimum absolute atomic E-state index is 0.0855. The van der Waals surface area contributed by atoms with E-state index < -0.39 is 97.5 Å². The van der Waals surface area contributed by atoms with E-state index in [2.05, 4.69) is 65.8 Å². The summed E-state index contributed by atoms with van der Waals surface area (Å²) < 4.78 is 68.7. The number of phosphoric ester groups is 2. The number of phosphoric acid groups is 2. The highest BCUT2D eigenvalue weighted by atomic mass is 31.2. The van der Waals surface area contributed by atoms with Gasteiger partial charge in [-0.2, -0.15) is 0 Å². The molecule has 101 heavy (non-hydrogen) atoms. The second-order valence-corrected chi connectivity index (χ2v) is 32.5. The molecule has 0 rings (SSSR count). The van der Waals surface area contributed by atoms with Gasteiger partial charge in [0.1, 0.15) is 19.3 Å². The van der Waals surface area contributed by atoms with E-state index >= 15 is 0 Å². The van der Waals surface area contributed by atoms with Crippen molar-refractivity contribution in [1.82, 2.24) is 0 Å². The maximum Gasteiger partial charge on any atom is 0.472 e. The van der Waals surface area contributed by atoms with Crippen LogP contribution in [0, 0.1) is 11.8 Å². The Balaban J connectivity index is 5.30.